The van der Waals surface area contributed by atoms with Crippen LogP contribution in [0.5, 0.6) is 5.75 Å². The Kier molecular flexibility index (Phi) is 3.49. The minimum atomic E-state index is -0.175. The number of anilines is 1. The maximum atomic E-state index is 12.8. The predicted molar refractivity (Wildman–Crippen MR) is 86.5 cm³/mol. The van der Waals surface area contributed by atoms with Crippen LogP contribution in [0.4, 0.5) is 5.69 Å². The van der Waals surface area contributed by atoms with Crippen molar-refractivity contribution in [3.63, 3.8) is 0 Å². The van der Waals surface area contributed by atoms with E-state index in [1.54, 1.807) is 29.1 Å². The van der Waals surface area contributed by atoms with E-state index in [4.69, 9.17) is 4.74 Å². The number of carbonyl (C=O) groups excluding carboxylic acids is 1. The number of benzene rings is 1. The highest BCUT2D eigenvalue weighted by atomic mass is 16.5. The van der Waals surface area contributed by atoms with E-state index in [1.807, 2.05) is 24.3 Å². The lowest BCUT2D eigenvalue weighted by Gasteiger charge is -2.25. The normalized spacial score (nSPS) is 13.6. The van der Waals surface area contributed by atoms with Gasteiger partial charge in [0.2, 0.25) is 0 Å². The second-order valence-corrected chi connectivity index (χ2v) is 5.54. The zero-order valence-corrected chi connectivity index (χ0v) is 13.1. The molecule has 24 heavy (non-hydrogen) atoms. The van der Waals surface area contributed by atoms with Crippen molar-refractivity contribution in [2.45, 2.75) is 12.8 Å². The number of methoxy groups -OCH3 is 1. The molecule has 0 aliphatic carbocycles. The SMILES string of the molecule is COc1cccc(-n2cc(C(=O)N3CCCc4[nH]ncc43)nn2)c1. The number of amides is 1. The third kappa shape index (κ3) is 2.41. The number of aryl methyl sites for hydroxylation is 1. The molecule has 0 saturated carbocycles. The molecule has 0 fully saturated rings. The molecule has 0 atom stereocenters. The Morgan fingerprint density at radius 3 is 3.17 bits per heavy atom. The van der Waals surface area contributed by atoms with Crippen LogP contribution in [0, 0.1) is 0 Å². The molecule has 2 aromatic heterocycles. The maximum Gasteiger partial charge on any atom is 0.280 e. The molecule has 3 aromatic rings. The van der Waals surface area contributed by atoms with Crippen molar-refractivity contribution in [3.8, 4) is 11.4 Å². The fourth-order valence-corrected chi connectivity index (χ4v) is 2.85. The highest BCUT2D eigenvalue weighted by Crippen LogP contribution is 2.26. The second kappa shape index (κ2) is 5.80. The number of nitrogens with zero attached hydrogens (tertiary/aromatic N) is 5. The lowest BCUT2D eigenvalue weighted by Crippen LogP contribution is -2.35. The van der Waals surface area contributed by atoms with Gasteiger partial charge in [-0.05, 0) is 25.0 Å². The van der Waals surface area contributed by atoms with Gasteiger partial charge in [0, 0.05) is 12.6 Å². The van der Waals surface area contributed by atoms with Crippen molar-refractivity contribution < 1.29 is 9.53 Å². The van der Waals surface area contributed by atoms with Crippen LogP contribution in [0.1, 0.15) is 22.6 Å². The largest absolute Gasteiger partial charge is 0.497 e. The van der Waals surface area contributed by atoms with Gasteiger partial charge in [0.1, 0.15) is 5.75 Å². The highest BCUT2D eigenvalue weighted by Gasteiger charge is 2.26. The van der Waals surface area contributed by atoms with Crippen molar-refractivity contribution in [2.24, 2.45) is 0 Å². The average Bonchev–Trinajstić information content (AvgIpc) is 3.30. The molecule has 0 saturated heterocycles. The van der Waals surface area contributed by atoms with Crippen LogP contribution in [0.2, 0.25) is 0 Å². The highest BCUT2D eigenvalue weighted by molar-refractivity contribution is 6.05. The molecule has 122 valence electrons. The molecule has 0 unspecified atom stereocenters. The minimum absolute atomic E-state index is 0.175. The fraction of sp³-hybridized carbons (Fsp3) is 0.250. The summed E-state index contributed by atoms with van der Waals surface area (Å²) in [5.74, 6) is 0.543. The number of rotatable bonds is 3. The monoisotopic (exact) mass is 324 g/mol. The van der Waals surface area contributed by atoms with E-state index in [0.717, 1.165) is 35.7 Å². The lowest BCUT2D eigenvalue weighted by atomic mass is 10.1. The van der Waals surface area contributed by atoms with Gasteiger partial charge in [-0.2, -0.15) is 5.10 Å². The van der Waals surface area contributed by atoms with Crippen molar-refractivity contribution in [3.05, 3.63) is 48.0 Å². The zero-order valence-electron chi connectivity index (χ0n) is 13.1. The van der Waals surface area contributed by atoms with Crippen LogP contribution in [-0.4, -0.2) is 44.8 Å². The summed E-state index contributed by atoms with van der Waals surface area (Å²) in [6, 6.07) is 7.42. The van der Waals surface area contributed by atoms with E-state index in [2.05, 4.69) is 20.5 Å². The zero-order chi connectivity index (χ0) is 16.5. The Balaban J connectivity index is 1.62. The first kappa shape index (κ1) is 14.4. The van der Waals surface area contributed by atoms with E-state index in [0.29, 0.717) is 12.2 Å². The molecule has 1 aromatic carbocycles. The number of hydrogen-bond donors (Lipinski definition) is 1. The molecule has 1 N–H and O–H groups in total. The Bertz CT molecular complexity index is 884. The van der Waals surface area contributed by atoms with Gasteiger partial charge in [0.25, 0.3) is 5.91 Å². The summed E-state index contributed by atoms with van der Waals surface area (Å²) in [6.45, 7) is 0.650. The molecular formula is C16H16N6O2. The number of ether oxygens (including phenoxy) is 1. The Hall–Kier alpha value is -3.16. The first-order valence-electron chi connectivity index (χ1n) is 7.67. The number of aromatic amines is 1. The quantitative estimate of drug-likeness (QED) is 0.790. The maximum absolute atomic E-state index is 12.8. The molecule has 0 bridgehead atoms. The molecule has 0 radical (unpaired) electrons. The summed E-state index contributed by atoms with van der Waals surface area (Å²) < 4.78 is 6.77. The van der Waals surface area contributed by atoms with Crippen LogP contribution < -0.4 is 9.64 Å². The van der Waals surface area contributed by atoms with Gasteiger partial charge in [-0.1, -0.05) is 11.3 Å². The Morgan fingerprint density at radius 1 is 1.38 bits per heavy atom. The predicted octanol–water partition coefficient (Wildman–Crippen LogP) is 1.59. The number of aromatic nitrogens is 5. The topological polar surface area (TPSA) is 88.9 Å². The van der Waals surface area contributed by atoms with E-state index in [-0.39, 0.29) is 5.91 Å². The third-order valence-corrected chi connectivity index (χ3v) is 4.07. The van der Waals surface area contributed by atoms with E-state index >= 15 is 0 Å². The van der Waals surface area contributed by atoms with Gasteiger partial charge in [-0.3, -0.25) is 9.89 Å². The lowest BCUT2D eigenvalue weighted by molar-refractivity contribution is 0.0980. The number of nitrogens with one attached hydrogen (secondary N) is 1. The molecule has 8 nitrogen and oxygen atoms in total. The van der Waals surface area contributed by atoms with Crippen LogP contribution in [0.15, 0.2) is 36.7 Å². The van der Waals surface area contributed by atoms with Crippen molar-refractivity contribution >= 4 is 11.6 Å². The Labute approximate surface area is 138 Å². The second-order valence-electron chi connectivity index (χ2n) is 5.54. The Morgan fingerprint density at radius 2 is 2.29 bits per heavy atom. The average molecular weight is 324 g/mol. The van der Waals surface area contributed by atoms with Gasteiger partial charge in [-0.15, -0.1) is 5.10 Å². The molecule has 1 amide bonds. The number of fused-ring (bicyclic) bond motifs is 1. The van der Waals surface area contributed by atoms with Gasteiger partial charge in [0.05, 0.1) is 36.6 Å². The first-order valence-corrected chi connectivity index (χ1v) is 7.67. The first-order chi connectivity index (χ1) is 11.8. The van der Waals surface area contributed by atoms with E-state index < -0.39 is 0 Å². The molecule has 1 aliphatic rings. The van der Waals surface area contributed by atoms with Crippen molar-refractivity contribution in [1.82, 2.24) is 25.2 Å². The van der Waals surface area contributed by atoms with Crippen LogP contribution in [-0.2, 0) is 6.42 Å². The number of hydrogen-bond acceptors (Lipinski definition) is 5. The smallest absolute Gasteiger partial charge is 0.280 e. The van der Waals surface area contributed by atoms with Crippen molar-refractivity contribution in [1.29, 1.82) is 0 Å². The van der Waals surface area contributed by atoms with Gasteiger partial charge in [-0.25, -0.2) is 4.68 Å². The van der Waals surface area contributed by atoms with Gasteiger partial charge in [0.15, 0.2) is 5.69 Å². The standard InChI is InChI=1S/C16H16N6O2/c1-24-12-5-2-4-11(8-12)22-10-14(19-20-22)16(23)21-7-3-6-13-15(21)9-17-18-13/h2,4-5,8-10H,3,6-7H2,1H3,(H,17,18). The van der Waals surface area contributed by atoms with Crippen molar-refractivity contribution in [2.75, 3.05) is 18.6 Å². The molecule has 0 spiro atoms. The molecule has 1 aliphatic heterocycles. The molecule has 4 rings (SSSR count). The molecular weight excluding hydrogens is 308 g/mol. The third-order valence-electron chi connectivity index (χ3n) is 4.07. The molecule has 8 heteroatoms. The van der Waals surface area contributed by atoms with Crippen LogP contribution in [0.3, 0.4) is 0 Å². The minimum Gasteiger partial charge on any atom is -0.497 e. The molecule has 3 heterocycles. The summed E-state index contributed by atoms with van der Waals surface area (Å²) in [6.07, 6.45) is 5.10. The van der Waals surface area contributed by atoms with Gasteiger partial charge < -0.3 is 9.64 Å². The van der Waals surface area contributed by atoms with E-state index in [1.165, 1.54) is 0 Å². The summed E-state index contributed by atoms with van der Waals surface area (Å²) >= 11 is 0. The van der Waals surface area contributed by atoms with Crippen LogP contribution in [0.25, 0.3) is 5.69 Å². The summed E-state index contributed by atoms with van der Waals surface area (Å²) in [5.41, 5.74) is 2.88. The van der Waals surface area contributed by atoms with Gasteiger partial charge >= 0.3 is 0 Å². The number of carbonyl (C=O) groups is 1. The van der Waals surface area contributed by atoms with E-state index in [9.17, 15) is 4.79 Å². The van der Waals surface area contributed by atoms with Crippen LogP contribution >= 0.6 is 0 Å². The summed E-state index contributed by atoms with van der Waals surface area (Å²) in [5, 5.41) is 15.1. The fourth-order valence-electron chi connectivity index (χ4n) is 2.85. The number of H-pyrrole nitrogens is 1. The summed E-state index contributed by atoms with van der Waals surface area (Å²) in [7, 11) is 1.61. The summed E-state index contributed by atoms with van der Waals surface area (Å²) in [4.78, 5) is 14.5.